The molecule has 9 heteroatoms. The molecular weight excluding hydrogens is 477 g/mol. The van der Waals surface area contributed by atoms with Crippen molar-refractivity contribution < 1.29 is 4.92 Å². The minimum Gasteiger partial charge on any atom is -0.352 e. The van der Waals surface area contributed by atoms with Gasteiger partial charge in [0.2, 0.25) is 0 Å². The predicted molar refractivity (Wildman–Crippen MR) is 120 cm³/mol. The van der Waals surface area contributed by atoms with Gasteiger partial charge in [-0.3, -0.25) is 20.0 Å². The molecule has 1 aromatic carbocycles. The van der Waals surface area contributed by atoms with Crippen molar-refractivity contribution in [3.8, 4) is 0 Å². The molecule has 2 heterocycles. The standard InChI is InChI=1S/C18H23N5O2S.HI/c1-19-18(20-13-15-4-2-5-16(12-15)23(24)25)22-9-7-21(8-10-22)14-17-6-3-11-26-17;/h2-6,11-12H,7-10,13-14H2,1H3,(H,19,20);1H. The van der Waals surface area contributed by atoms with Crippen molar-refractivity contribution in [2.75, 3.05) is 33.2 Å². The van der Waals surface area contributed by atoms with Crippen LogP contribution in [0.25, 0.3) is 0 Å². The summed E-state index contributed by atoms with van der Waals surface area (Å²) in [6.45, 7) is 5.35. The summed E-state index contributed by atoms with van der Waals surface area (Å²) in [7, 11) is 1.77. The van der Waals surface area contributed by atoms with Gasteiger partial charge in [-0.1, -0.05) is 18.2 Å². The Morgan fingerprint density at radius 3 is 2.67 bits per heavy atom. The first-order valence-electron chi connectivity index (χ1n) is 8.59. The quantitative estimate of drug-likeness (QED) is 0.224. The molecule has 1 N–H and O–H groups in total. The molecule has 2 aromatic rings. The van der Waals surface area contributed by atoms with E-state index in [-0.39, 0.29) is 34.6 Å². The number of hydrogen-bond donors (Lipinski definition) is 1. The number of nitro groups is 1. The van der Waals surface area contributed by atoms with E-state index in [0.717, 1.165) is 44.2 Å². The fourth-order valence-electron chi connectivity index (χ4n) is 3.03. The molecule has 1 aromatic heterocycles. The number of guanidine groups is 1. The van der Waals surface area contributed by atoms with Crippen molar-refractivity contribution >= 4 is 47.0 Å². The summed E-state index contributed by atoms with van der Waals surface area (Å²) in [5, 5.41) is 16.3. The van der Waals surface area contributed by atoms with Gasteiger partial charge in [0.25, 0.3) is 5.69 Å². The Morgan fingerprint density at radius 2 is 2.04 bits per heavy atom. The highest BCUT2D eigenvalue weighted by Crippen LogP contribution is 2.15. The monoisotopic (exact) mass is 501 g/mol. The zero-order chi connectivity index (χ0) is 18.4. The number of rotatable bonds is 5. The van der Waals surface area contributed by atoms with E-state index in [2.05, 4.69) is 37.6 Å². The summed E-state index contributed by atoms with van der Waals surface area (Å²) >= 11 is 1.80. The first kappa shape index (κ1) is 21.6. The number of thiophene rings is 1. The number of nitrogens with one attached hydrogen (secondary N) is 1. The van der Waals surface area contributed by atoms with Gasteiger partial charge in [-0.25, -0.2) is 0 Å². The maximum absolute atomic E-state index is 10.9. The Labute approximate surface area is 180 Å². The van der Waals surface area contributed by atoms with Crippen LogP contribution in [0.4, 0.5) is 5.69 Å². The van der Waals surface area contributed by atoms with Crippen molar-refractivity contribution in [1.29, 1.82) is 0 Å². The lowest BCUT2D eigenvalue weighted by Crippen LogP contribution is -2.51. The fourth-order valence-corrected chi connectivity index (χ4v) is 3.78. The van der Waals surface area contributed by atoms with Crippen LogP contribution in [-0.4, -0.2) is 53.9 Å². The van der Waals surface area contributed by atoms with Crippen molar-refractivity contribution in [1.82, 2.24) is 15.1 Å². The van der Waals surface area contributed by atoms with Gasteiger partial charge in [0.1, 0.15) is 0 Å². The summed E-state index contributed by atoms with van der Waals surface area (Å²) in [5.74, 6) is 0.840. The van der Waals surface area contributed by atoms with Crippen LogP contribution in [-0.2, 0) is 13.1 Å². The summed E-state index contributed by atoms with van der Waals surface area (Å²) in [6, 6.07) is 11.0. The van der Waals surface area contributed by atoms with E-state index in [1.54, 1.807) is 30.5 Å². The Balaban J connectivity index is 0.00000261. The smallest absolute Gasteiger partial charge is 0.269 e. The maximum Gasteiger partial charge on any atom is 0.269 e. The van der Waals surface area contributed by atoms with Crippen LogP contribution in [0.2, 0.25) is 0 Å². The fraction of sp³-hybridized carbons (Fsp3) is 0.389. The van der Waals surface area contributed by atoms with Gasteiger partial charge in [-0.05, 0) is 17.0 Å². The lowest BCUT2D eigenvalue weighted by Gasteiger charge is -2.36. The molecule has 0 unspecified atom stereocenters. The molecule has 27 heavy (non-hydrogen) atoms. The number of benzene rings is 1. The summed E-state index contributed by atoms with van der Waals surface area (Å²) in [4.78, 5) is 21.0. The number of non-ortho nitro benzene ring substituents is 1. The molecule has 7 nitrogen and oxygen atoms in total. The van der Waals surface area contributed by atoms with Crippen LogP contribution in [0.15, 0.2) is 46.8 Å². The minimum absolute atomic E-state index is 0. The maximum atomic E-state index is 10.9. The zero-order valence-corrected chi connectivity index (χ0v) is 18.4. The number of hydrogen-bond acceptors (Lipinski definition) is 5. The second kappa shape index (κ2) is 10.6. The van der Waals surface area contributed by atoms with E-state index in [0.29, 0.717) is 6.54 Å². The Kier molecular flexibility index (Phi) is 8.45. The first-order valence-corrected chi connectivity index (χ1v) is 9.47. The van der Waals surface area contributed by atoms with Crippen molar-refractivity contribution in [2.45, 2.75) is 13.1 Å². The summed E-state index contributed by atoms with van der Waals surface area (Å²) < 4.78 is 0. The third-order valence-corrected chi connectivity index (χ3v) is 5.28. The van der Waals surface area contributed by atoms with Crippen molar-refractivity contribution in [2.24, 2.45) is 4.99 Å². The van der Waals surface area contributed by atoms with Gasteiger partial charge >= 0.3 is 0 Å². The second-order valence-corrected chi connectivity index (χ2v) is 7.20. The van der Waals surface area contributed by atoms with Crippen LogP contribution in [0.3, 0.4) is 0 Å². The number of piperazine rings is 1. The normalized spacial score (nSPS) is 15.3. The highest BCUT2D eigenvalue weighted by atomic mass is 127. The van der Waals surface area contributed by atoms with E-state index in [1.807, 2.05) is 6.07 Å². The number of nitro benzene ring substituents is 1. The molecule has 0 radical (unpaired) electrons. The molecule has 1 aliphatic rings. The van der Waals surface area contributed by atoms with Gasteiger partial charge in [0, 0.05) is 63.3 Å². The molecule has 0 aliphatic carbocycles. The zero-order valence-electron chi connectivity index (χ0n) is 15.2. The van der Waals surface area contributed by atoms with Gasteiger partial charge in [0.15, 0.2) is 5.96 Å². The Bertz CT molecular complexity index is 761. The molecule has 0 spiro atoms. The minimum atomic E-state index is -0.370. The van der Waals surface area contributed by atoms with Crippen molar-refractivity contribution in [3.63, 3.8) is 0 Å². The molecule has 0 atom stereocenters. The SMILES string of the molecule is CN=C(NCc1cccc([N+](=O)[O-])c1)N1CCN(Cc2cccs2)CC1.I. The summed E-state index contributed by atoms with van der Waals surface area (Å²) in [5.41, 5.74) is 0.984. The van der Waals surface area contributed by atoms with Crippen LogP contribution in [0.5, 0.6) is 0 Å². The number of halogens is 1. The van der Waals surface area contributed by atoms with Gasteiger partial charge in [-0.15, -0.1) is 35.3 Å². The number of aliphatic imine (C=N–C) groups is 1. The molecule has 0 saturated carbocycles. The Hall–Kier alpha value is -1.72. The van der Waals surface area contributed by atoms with Gasteiger partial charge < -0.3 is 10.2 Å². The van der Waals surface area contributed by atoms with E-state index in [1.165, 1.54) is 10.9 Å². The van der Waals surface area contributed by atoms with Crippen LogP contribution >= 0.6 is 35.3 Å². The topological polar surface area (TPSA) is 74.0 Å². The summed E-state index contributed by atoms with van der Waals surface area (Å²) in [6.07, 6.45) is 0. The molecular formula is C18H24IN5O2S. The largest absolute Gasteiger partial charge is 0.352 e. The van der Waals surface area contributed by atoms with Crippen LogP contribution in [0, 0.1) is 10.1 Å². The third-order valence-electron chi connectivity index (χ3n) is 4.42. The lowest BCUT2D eigenvalue weighted by molar-refractivity contribution is -0.384. The van der Waals surface area contributed by atoms with Gasteiger partial charge in [-0.2, -0.15) is 0 Å². The average Bonchev–Trinajstić information content (AvgIpc) is 3.17. The van der Waals surface area contributed by atoms with Crippen LogP contribution < -0.4 is 5.32 Å². The highest BCUT2D eigenvalue weighted by Gasteiger charge is 2.19. The molecule has 0 amide bonds. The molecule has 1 fully saturated rings. The molecule has 3 rings (SSSR count). The van der Waals surface area contributed by atoms with Gasteiger partial charge in [0.05, 0.1) is 4.92 Å². The molecule has 146 valence electrons. The third kappa shape index (κ3) is 6.15. The second-order valence-electron chi connectivity index (χ2n) is 6.17. The average molecular weight is 501 g/mol. The first-order chi connectivity index (χ1) is 12.7. The van der Waals surface area contributed by atoms with Crippen LogP contribution in [0.1, 0.15) is 10.4 Å². The Morgan fingerprint density at radius 1 is 1.26 bits per heavy atom. The lowest BCUT2D eigenvalue weighted by atomic mass is 10.2. The highest BCUT2D eigenvalue weighted by molar-refractivity contribution is 14.0. The molecule has 1 saturated heterocycles. The predicted octanol–water partition coefficient (Wildman–Crippen LogP) is 3.17. The van der Waals surface area contributed by atoms with Crippen molar-refractivity contribution in [3.05, 3.63) is 62.3 Å². The van der Waals surface area contributed by atoms with E-state index in [9.17, 15) is 10.1 Å². The van der Waals surface area contributed by atoms with E-state index >= 15 is 0 Å². The molecule has 1 aliphatic heterocycles. The van der Waals surface area contributed by atoms with E-state index in [4.69, 9.17) is 0 Å². The molecule has 0 bridgehead atoms. The van der Waals surface area contributed by atoms with E-state index < -0.39 is 0 Å². The number of nitrogens with zero attached hydrogens (tertiary/aromatic N) is 4.